The molecule has 2 heterocycles. The van der Waals surface area contributed by atoms with Gasteiger partial charge in [-0.3, -0.25) is 0 Å². The number of hydrogen-bond acceptors (Lipinski definition) is 5. The Morgan fingerprint density at radius 1 is 1.14 bits per heavy atom. The van der Waals surface area contributed by atoms with Gasteiger partial charge in [0, 0.05) is 12.7 Å². The highest BCUT2D eigenvalue weighted by molar-refractivity contribution is 7.89. The average molecular weight is 341 g/mol. The largest absolute Gasteiger partial charge is 0.486 e. The van der Waals surface area contributed by atoms with Gasteiger partial charge in [-0.05, 0) is 29.8 Å². The standard InChI is InChI=1S/C14H13ClN2O4S/c15-14-4-2-11(9-16-14)22(18,19)17-8-10-1-3-12-13(7-10)21-6-5-20-12/h1-4,7,9,17H,5-6,8H2. The summed E-state index contributed by atoms with van der Waals surface area (Å²) >= 11 is 5.65. The van der Waals surface area contributed by atoms with Crippen LogP contribution in [0.4, 0.5) is 0 Å². The molecule has 22 heavy (non-hydrogen) atoms. The van der Waals surface area contributed by atoms with Gasteiger partial charge in [0.05, 0.1) is 0 Å². The number of fused-ring (bicyclic) bond motifs is 1. The van der Waals surface area contributed by atoms with E-state index in [2.05, 4.69) is 9.71 Å². The van der Waals surface area contributed by atoms with Crippen molar-refractivity contribution in [3.05, 3.63) is 47.2 Å². The third-order valence-corrected chi connectivity index (χ3v) is 4.69. The molecule has 0 aliphatic carbocycles. The number of aromatic nitrogens is 1. The molecule has 0 spiro atoms. The number of rotatable bonds is 4. The third kappa shape index (κ3) is 3.32. The van der Waals surface area contributed by atoms with Crippen LogP contribution in [0.2, 0.25) is 5.15 Å². The molecule has 0 bridgehead atoms. The van der Waals surface area contributed by atoms with Crippen molar-refractivity contribution in [1.29, 1.82) is 0 Å². The average Bonchev–Trinajstić information content (AvgIpc) is 2.53. The fourth-order valence-corrected chi connectivity index (χ4v) is 3.05. The van der Waals surface area contributed by atoms with E-state index in [1.165, 1.54) is 18.3 Å². The SMILES string of the molecule is O=S(=O)(NCc1ccc2c(c1)OCCO2)c1ccc(Cl)nc1. The summed E-state index contributed by atoms with van der Waals surface area (Å²) in [6, 6.07) is 8.15. The van der Waals surface area contributed by atoms with Crippen molar-refractivity contribution in [2.24, 2.45) is 0 Å². The number of ether oxygens (including phenoxy) is 2. The van der Waals surface area contributed by atoms with Gasteiger partial charge in [0.25, 0.3) is 0 Å². The van der Waals surface area contributed by atoms with Crippen LogP contribution in [0.1, 0.15) is 5.56 Å². The predicted molar refractivity (Wildman–Crippen MR) is 80.7 cm³/mol. The molecular weight excluding hydrogens is 328 g/mol. The van der Waals surface area contributed by atoms with Crippen molar-refractivity contribution in [1.82, 2.24) is 9.71 Å². The minimum absolute atomic E-state index is 0.0643. The van der Waals surface area contributed by atoms with E-state index in [4.69, 9.17) is 21.1 Å². The maximum Gasteiger partial charge on any atom is 0.242 e. The van der Waals surface area contributed by atoms with E-state index in [1.54, 1.807) is 18.2 Å². The van der Waals surface area contributed by atoms with Crippen molar-refractivity contribution in [2.45, 2.75) is 11.4 Å². The quantitative estimate of drug-likeness (QED) is 0.861. The first-order valence-electron chi connectivity index (χ1n) is 6.54. The van der Waals surface area contributed by atoms with Gasteiger partial charge in [-0.15, -0.1) is 0 Å². The summed E-state index contributed by atoms with van der Waals surface area (Å²) in [6.07, 6.45) is 1.22. The molecule has 0 amide bonds. The first-order valence-corrected chi connectivity index (χ1v) is 8.40. The van der Waals surface area contributed by atoms with E-state index in [0.717, 1.165) is 5.56 Å². The van der Waals surface area contributed by atoms with Crippen molar-refractivity contribution in [3.8, 4) is 11.5 Å². The molecule has 116 valence electrons. The summed E-state index contributed by atoms with van der Waals surface area (Å²) in [5.74, 6) is 1.29. The predicted octanol–water partition coefficient (Wildman–Crippen LogP) is 1.98. The Bertz CT molecular complexity index is 778. The lowest BCUT2D eigenvalue weighted by Crippen LogP contribution is -2.23. The number of hydrogen-bond donors (Lipinski definition) is 1. The van der Waals surface area contributed by atoms with Gasteiger partial charge < -0.3 is 9.47 Å². The van der Waals surface area contributed by atoms with E-state index in [9.17, 15) is 8.42 Å². The Morgan fingerprint density at radius 3 is 2.64 bits per heavy atom. The van der Waals surface area contributed by atoms with Crippen LogP contribution in [-0.2, 0) is 16.6 Å². The maximum absolute atomic E-state index is 12.2. The summed E-state index contributed by atoms with van der Waals surface area (Å²) in [6.45, 7) is 1.14. The molecule has 2 aromatic rings. The Balaban J connectivity index is 1.73. The first-order chi connectivity index (χ1) is 10.5. The van der Waals surface area contributed by atoms with Gasteiger partial charge in [-0.1, -0.05) is 17.7 Å². The highest BCUT2D eigenvalue weighted by atomic mass is 35.5. The molecule has 3 rings (SSSR count). The van der Waals surface area contributed by atoms with Gasteiger partial charge in [-0.2, -0.15) is 0 Å². The Hall–Kier alpha value is -1.83. The van der Waals surface area contributed by atoms with Crippen LogP contribution in [0.5, 0.6) is 11.5 Å². The fourth-order valence-electron chi connectivity index (χ4n) is 1.98. The van der Waals surface area contributed by atoms with Gasteiger partial charge >= 0.3 is 0 Å². The van der Waals surface area contributed by atoms with Crippen molar-refractivity contribution in [3.63, 3.8) is 0 Å². The summed E-state index contributed by atoms with van der Waals surface area (Å²) < 4.78 is 37.7. The fraction of sp³-hybridized carbons (Fsp3) is 0.214. The van der Waals surface area contributed by atoms with Gasteiger partial charge in [0.2, 0.25) is 10.0 Å². The summed E-state index contributed by atoms with van der Waals surface area (Å²) in [5.41, 5.74) is 0.773. The Kier molecular flexibility index (Phi) is 4.19. The number of benzene rings is 1. The second-order valence-electron chi connectivity index (χ2n) is 4.62. The van der Waals surface area contributed by atoms with Gasteiger partial charge in [0.1, 0.15) is 23.3 Å². The molecule has 0 saturated carbocycles. The van der Waals surface area contributed by atoms with E-state index in [-0.39, 0.29) is 16.6 Å². The molecule has 1 aromatic carbocycles. The van der Waals surface area contributed by atoms with E-state index in [1.807, 2.05) is 0 Å². The van der Waals surface area contributed by atoms with Gasteiger partial charge in [0.15, 0.2) is 11.5 Å². The molecule has 0 radical (unpaired) electrons. The summed E-state index contributed by atoms with van der Waals surface area (Å²) in [4.78, 5) is 3.83. The van der Waals surface area contributed by atoms with Crippen molar-refractivity contribution >= 4 is 21.6 Å². The monoisotopic (exact) mass is 340 g/mol. The number of pyridine rings is 1. The maximum atomic E-state index is 12.2. The molecule has 0 saturated heterocycles. The van der Waals surface area contributed by atoms with Crippen LogP contribution >= 0.6 is 11.6 Å². The molecule has 0 unspecified atom stereocenters. The smallest absolute Gasteiger partial charge is 0.242 e. The lowest BCUT2D eigenvalue weighted by Gasteiger charge is -2.19. The van der Waals surface area contributed by atoms with E-state index < -0.39 is 10.0 Å². The second kappa shape index (κ2) is 6.12. The molecule has 1 aliphatic heterocycles. The molecule has 6 nitrogen and oxygen atoms in total. The lowest BCUT2D eigenvalue weighted by molar-refractivity contribution is 0.171. The number of sulfonamides is 1. The van der Waals surface area contributed by atoms with Crippen molar-refractivity contribution in [2.75, 3.05) is 13.2 Å². The van der Waals surface area contributed by atoms with Crippen LogP contribution in [0, 0.1) is 0 Å². The van der Waals surface area contributed by atoms with Crippen LogP contribution in [0.3, 0.4) is 0 Å². The first kappa shape index (κ1) is 15.1. The van der Waals surface area contributed by atoms with E-state index in [0.29, 0.717) is 24.7 Å². The topological polar surface area (TPSA) is 77.5 Å². The van der Waals surface area contributed by atoms with Gasteiger partial charge in [-0.25, -0.2) is 18.1 Å². The highest BCUT2D eigenvalue weighted by Gasteiger charge is 2.16. The third-order valence-electron chi connectivity index (χ3n) is 3.08. The minimum Gasteiger partial charge on any atom is -0.486 e. The normalized spacial score (nSPS) is 13.9. The minimum atomic E-state index is -3.64. The van der Waals surface area contributed by atoms with Crippen LogP contribution < -0.4 is 14.2 Å². The number of nitrogens with zero attached hydrogens (tertiary/aromatic N) is 1. The molecular formula is C14H13ClN2O4S. The van der Waals surface area contributed by atoms with Crippen molar-refractivity contribution < 1.29 is 17.9 Å². The van der Waals surface area contributed by atoms with Crippen LogP contribution in [-0.4, -0.2) is 26.6 Å². The number of halogens is 1. The molecule has 1 aromatic heterocycles. The van der Waals surface area contributed by atoms with E-state index >= 15 is 0 Å². The Morgan fingerprint density at radius 2 is 1.91 bits per heavy atom. The van der Waals surface area contributed by atoms with Crippen LogP contribution in [0.15, 0.2) is 41.4 Å². The van der Waals surface area contributed by atoms with Crippen LogP contribution in [0.25, 0.3) is 0 Å². The zero-order valence-corrected chi connectivity index (χ0v) is 13.0. The molecule has 0 atom stereocenters. The summed E-state index contributed by atoms with van der Waals surface area (Å²) in [7, 11) is -3.64. The molecule has 0 fully saturated rings. The lowest BCUT2D eigenvalue weighted by atomic mass is 10.2. The summed E-state index contributed by atoms with van der Waals surface area (Å²) in [5, 5.41) is 0.241. The molecule has 1 N–H and O–H groups in total. The highest BCUT2D eigenvalue weighted by Crippen LogP contribution is 2.30. The Labute approximate surface area is 133 Å². The molecule has 1 aliphatic rings. The second-order valence-corrected chi connectivity index (χ2v) is 6.77. The number of nitrogens with one attached hydrogen (secondary N) is 1. The molecule has 8 heteroatoms. The zero-order valence-electron chi connectivity index (χ0n) is 11.5. The zero-order chi connectivity index (χ0) is 15.6.